The van der Waals surface area contributed by atoms with Gasteiger partial charge in [0.05, 0.1) is 23.1 Å². The van der Waals surface area contributed by atoms with Crippen molar-refractivity contribution in [3.63, 3.8) is 0 Å². The van der Waals surface area contributed by atoms with Gasteiger partial charge in [0.2, 0.25) is 0 Å². The molecule has 1 saturated heterocycles. The molecule has 0 saturated carbocycles. The molecule has 0 aromatic carbocycles. The third kappa shape index (κ3) is 2.82. The first-order chi connectivity index (χ1) is 8.33. The van der Waals surface area contributed by atoms with E-state index >= 15 is 0 Å². The zero-order valence-electron chi connectivity index (χ0n) is 11.7. The Hall–Kier alpha value is -1.13. The lowest BCUT2D eigenvalue weighted by molar-refractivity contribution is -0.133. The molecule has 0 bridgehead atoms. The standard InChI is InChI=1S/C14H23N3O/c1-13(2)9-17(10-14(3,4)18-13)12-8-16-6-5-11(12)7-15/h5-6,8H,7,9-10,15H2,1-4H3. The van der Waals surface area contributed by atoms with Crippen LogP contribution in [0.4, 0.5) is 5.69 Å². The summed E-state index contributed by atoms with van der Waals surface area (Å²) in [7, 11) is 0. The molecule has 0 spiro atoms. The van der Waals surface area contributed by atoms with Crippen molar-refractivity contribution >= 4 is 5.69 Å². The Balaban J connectivity index is 2.32. The minimum Gasteiger partial charge on any atom is -0.366 e. The number of rotatable bonds is 2. The molecule has 1 aromatic heterocycles. The molecule has 0 amide bonds. The minimum atomic E-state index is -0.163. The summed E-state index contributed by atoms with van der Waals surface area (Å²) < 4.78 is 6.09. The van der Waals surface area contributed by atoms with Crippen LogP contribution < -0.4 is 10.6 Å². The predicted octanol–water partition coefficient (Wildman–Crippen LogP) is 1.93. The summed E-state index contributed by atoms with van der Waals surface area (Å²) >= 11 is 0. The van der Waals surface area contributed by atoms with Gasteiger partial charge in [-0.3, -0.25) is 4.98 Å². The summed E-state index contributed by atoms with van der Waals surface area (Å²) in [5, 5.41) is 0. The van der Waals surface area contributed by atoms with E-state index < -0.39 is 0 Å². The summed E-state index contributed by atoms with van der Waals surface area (Å²) in [5.74, 6) is 0. The topological polar surface area (TPSA) is 51.4 Å². The monoisotopic (exact) mass is 249 g/mol. The highest BCUT2D eigenvalue weighted by Gasteiger charge is 2.38. The van der Waals surface area contributed by atoms with Gasteiger partial charge in [0.1, 0.15) is 0 Å². The first-order valence-electron chi connectivity index (χ1n) is 6.41. The van der Waals surface area contributed by atoms with Crippen molar-refractivity contribution in [3.05, 3.63) is 24.0 Å². The van der Waals surface area contributed by atoms with E-state index in [2.05, 4.69) is 37.6 Å². The molecule has 100 valence electrons. The van der Waals surface area contributed by atoms with Crippen LogP contribution in [0.3, 0.4) is 0 Å². The van der Waals surface area contributed by atoms with Gasteiger partial charge in [0, 0.05) is 25.8 Å². The highest BCUT2D eigenvalue weighted by molar-refractivity contribution is 5.52. The SMILES string of the molecule is CC1(C)CN(c2cnccc2CN)CC(C)(C)O1. The van der Waals surface area contributed by atoms with E-state index in [-0.39, 0.29) is 11.2 Å². The van der Waals surface area contributed by atoms with Crippen LogP contribution in [0, 0.1) is 0 Å². The fourth-order valence-corrected chi connectivity index (χ4v) is 2.83. The third-order valence-corrected chi connectivity index (χ3v) is 3.14. The largest absolute Gasteiger partial charge is 0.366 e. The Bertz CT molecular complexity index is 413. The maximum Gasteiger partial charge on any atom is 0.0808 e. The molecular formula is C14H23N3O. The smallest absolute Gasteiger partial charge is 0.0808 e. The normalized spacial score (nSPS) is 21.9. The first kappa shape index (κ1) is 13.3. The fourth-order valence-electron chi connectivity index (χ4n) is 2.83. The number of hydrogen-bond acceptors (Lipinski definition) is 4. The number of nitrogens with zero attached hydrogens (tertiary/aromatic N) is 2. The molecule has 2 heterocycles. The number of nitrogens with two attached hydrogens (primary N) is 1. The van der Waals surface area contributed by atoms with Gasteiger partial charge in [0.25, 0.3) is 0 Å². The van der Waals surface area contributed by atoms with E-state index in [0.29, 0.717) is 6.54 Å². The van der Waals surface area contributed by atoms with Gasteiger partial charge in [0.15, 0.2) is 0 Å². The average Bonchev–Trinajstić information content (AvgIpc) is 2.24. The zero-order valence-corrected chi connectivity index (χ0v) is 11.7. The Morgan fingerprint density at radius 3 is 2.44 bits per heavy atom. The quantitative estimate of drug-likeness (QED) is 0.870. The second kappa shape index (κ2) is 4.52. The Morgan fingerprint density at radius 1 is 1.28 bits per heavy atom. The van der Waals surface area contributed by atoms with Crippen LogP contribution in [0.1, 0.15) is 33.3 Å². The maximum atomic E-state index is 6.09. The molecule has 1 aliphatic heterocycles. The van der Waals surface area contributed by atoms with Crippen LogP contribution in [0.15, 0.2) is 18.5 Å². The van der Waals surface area contributed by atoms with E-state index in [1.165, 1.54) is 0 Å². The minimum absolute atomic E-state index is 0.163. The molecule has 1 fully saturated rings. The second-order valence-electron chi connectivity index (χ2n) is 6.19. The van der Waals surface area contributed by atoms with E-state index in [4.69, 9.17) is 10.5 Å². The fraction of sp³-hybridized carbons (Fsp3) is 0.643. The molecule has 18 heavy (non-hydrogen) atoms. The van der Waals surface area contributed by atoms with E-state index in [1.807, 2.05) is 12.3 Å². The third-order valence-electron chi connectivity index (χ3n) is 3.14. The van der Waals surface area contributed by atoms with Gasteiger partial charge >= 0.3 is 0 Å². The molecule has 2 N–H and O–H groups in total. The Labute approximate surface area is 109 Å². The van der Waals surface area contributed by atoms with Crippen molar-refractivity contribution in [2.24, 2.45) is 5.73 Å². The highest BCUT2D eigenvalue weighted by atomic mass is 16.5. The van der Waals surface area contributed by atoms with Crippen molar-refractivity contribution < 1.29 is 4.74 Å². The van der Waals surface area contributed by atoms with Crippen molar-refractivity contribution in [2.45, 2.75) is 45.4 Å². The van der Waals surface area contributed by atoms with Gasteiger partial charge in [-0.15, -0.1) is 0 Å². The molecule has 1 aliphatic rings. The molecule has 1 aromatic rings. The second-order valence-corrected chi connectivity index (χ2v) is 6.19. The summed E-state index contributed by atoms with van der Waals surface area (Å²) in [5.41, 5.74) is 7.75. The van der Waals surface area contributed by atoms with E-state index in [1.54, 1.807) is 6.20 Å². The lowest BCUT2D eigenvalue weighted by atomic mass is 9.98. The summed E-state index contributed by atoms with van der Waals surface area (Å²) in [6.45, 7) is 10.7. The molecular weight excluding hydrogens is 226 g/mol. The number of morpholine rings is 1. The summed E-state index contributed by atoms with van der Waals surface area (Å²) in [4.78, 5) is 6.56. The number of ether oxygens (including phenoxy) is 1. The van der Waals surface area contributed by atoms with Crippen molar-refractivity contribution in [3.8, 4) is 0 Å². The number of aromatic nitrogens is 1. The predicted molar refractivity (Wildman–Crippen MR) is 73.6 cm³/mol. The van der Waals surface area contributed by atoms with Crippen LogP contribution in [0.5, 0.6) is 0 Å². The Kier molecular flexibility index (Phi) is 3.34. The highest BCUT2D eigenvalue weighted by Crippen LogP contribution is 2.32. The zero-order chi connectivity index (χ0) is 13.4. The van der Waals surface area contributed by atoms with Gasteiger partial charge in [-0.1, -0.05) is 0 Å². The van der Waals surface area contributed by atoms with Crippen LogP contribution in [-0.2, 0) is 11.3 Å². The summed E-state index contributed by atoms with van der Waals surface area (Å²) in [6, 6.07) is 1.99. The van der Waals surface area contributed by atoms with Gasteiger partial charge < -0.3 is 15.4 Å². The van der Waals surface area contributed by atoms with Gasteiger partial charge in [-0.25, -0.2) is 0 Å². The van der Waals surface area contributed by atoms with Crippen molar-refractivity contribution in [1.29, 1.82) is 0 Å². The molecule has 2 rings (SSSR count). The number of anilines is 1. The summed E-state index contributed by atoms with van der Waals surface area (Å²) in [6.07, 6.45) is 3.70. The lowest BCUT2D eigenvalue weighted by Crippen LogP contribution is -2.57. The van der Waals surface area contributed by atoms with E-state index in [9.17, 15) is 0 Å². The molecule has 0 unspecified atom stereocenters. The molecule has 0 aliphatic carbocycles. The van der Waals surface area contributed by atoms with Crippen molar-refractivity contribution in [1.82, 2.24) is 4.98 Å². The average molecular weight is 249 g/mol. The molecule has 4 nitrogen and oxygen atoms in total. The van der Waals surface area contributed by atoms with Crippen LogP contribution in [0.25, 0.3) is 0 Å². The molecule has 4 heteroatoms. The maximum absolute atomic E-state index is 6.09. The van der Waals surface area contributed by atoms with Crippen LogP contribution in [-0.4, -0.2) is 29.3 Å². The van der Waals surface area contributed by atoms with Crippen molar-refractivity contribution in [2.75, 3.05) is 18.0 Å². The lowest BCUT2D eigenvalue weighted by Gasteiger charge is -2.48. The molecule has 0 radical (unpaired) electrons. The van der Waals surface area contributed by atoms with Crippen LogP contribution in [0.2, 0.25) is 0 Å². The van der Waals surface area contributed by atoms with Gasteiger partial charge in [-0.2, -0.15) is 0 Å². The Morgan fingerprint density at radius 2 is 1.89 bits per heavy atom. The number of hydrogen-bond donors (Lipinski definition) is 1. The van der Waals surface area contributed by atoms with E-state index in [0.717, 1.165) is 24.3 Å². The van der Waals surface area contributed by atoms with Gasteiger partial charge in [-0.05, 0) is 39.3 Å². The first-order valence-corrected chi connectivity index (χ1v) is 6.41. The number of pyridine rings is 1. The van der Waals surface area contributed by atoms with Crippen LogP contribution >= 0.6 is 0 Å². The molecule has 0 atom stereocenters.